The maximum absolute atomic E-state index is 8.40. The predicted molar refractivity (Wildman–Crippen MR) is 39.8 cm³/mol. The second kappa shape index (κ2) is 11.0. The van der Waals surface area contributed by atoms with E-state index in [9.17, 15) is 0 Å². The van der Waals surface area contributed by atoms with Crippen LogP contribution in [0, 0.1) is 0 Å². The molecular formula is C7H14O3. The van der Waals surface area contributed by atoms with Crippen LogP contribution in [0.1, 0.15) is 20.3 Å². The lowest BCUT2D eigenvalue weighted by Gasteiger charge is -1.88. The van der Waals surface area contributed by atoms with Crippen molar-refractivity contribution in [3.8, 4) is 0 Å². The van der Waals surface area contributed by atoms with E-state index in [1.54, 1.807) is 0 Å². The summed E-state index contributed by atoms with van der Waals surface area (Å²) >= 11 is 0. The largest absolute Gasteiger partial charge is 0.483 e. The Morgan fingerprint density at radius 1 is 1.60 bits per heavy atom. The van der Waals surface area contributed by atoms with Gasteiger partial charge in [0.05, 0.1) is 6.61 Å². The van der Waals surface area contributed by atoms with Crippen LogP contribution in [0.2, 0.25) is 0 Å². The molecule has 3 heteroatoms. The smallest absolute Gasteiger partial charge is 0.290 e. The van der Waals surface area contributed by atoms with E-state index in [0.29, 0.717) is 0 Å². The highest BCUT2D eigenvalue weighted by Gasteiger charge is 1.78. The van der Waals surface area contributed by atoms with Crippen LogP contribution in [0.15, 0.2) is 11.6 Å². The number of carbonyl (C=O) groups is 1. The molecule has 0 aliphatic carbocycles. The van der Waals surface area contributed by atoms with Crippen molar-refractivity contribution in [1.29, 1.82) is 0 Å². The molecule has 0 amide bonds. The van der Waals surface area contributed by atoms with E-state index >= 15 is 0 Å². The van der Waals surface area contributed by atoms with Crippen LogP contribution < -0.4 is 0 Å². The fourth-order valence-electron chi connectivity index (χ4n) is 0.413. The molecule has 60 valence electrons. The van der Waals surface area contributed by atoms with E-state index < -0.39 is 0 Å². The topological polar surface area (TPSA) is 57.5 Å². The van der Waals surface area contributed by atoms with E-state index in [1.165, 1.54) is 0 Å². The molecular weight excluding hydrogens is 132 g/mol. The van der Waals surface area contributed by atoms with Gasteiger partial charge in [0, 0.05) is 0 Å². The number of aliphatic hydroxyl groups excluding tert-OH is 1. The number of carboxylic acid groups (broad SMARTS) is 1. The van der Waals surface area contributed by atoms with Gasteiger partial charge in [-0.1, -0.05) is 18.6 Å². The Labute approximate surface area is 61.0 Å². The minimum atomic E-state index is -0.250. The van der Waals surface area contributed by atoms with Crippen molar-refractivity contribution in [3.05, 3.63) is 11.6 Å². The first-order valence-corrected chi connectivity index (χ1v) is 3.07. The van der Waals surface area contributed by atoms with Gasteiger partial charge in [0.25, 0.3) is 6.47 Å². The first-order valence-electron chi connectivity index (χ1n) is 3.07. The van der Waals surface area contributed by atoms with Crippen molar-refractivity contribution < 1.29 is 15.0 Å². The molecule has 0 saturated carbocycles. The molecule has 2 N–H and O–H groups in total. The van der Waals surface area contributed by atoms with E-state index in [0.717, 1.165) is 12.0 Å². The third-order valence-corrected chi connectivity index (χ3v) is 0.802. The summed E-state index contributed by atoms with van der Waals surface area (Å²) in [6, 6.07) is 0. The lowest BCUT2D eigenvalue weighted by Crippen LogP contribution is -1.81. The van der Waals surface area contributed by atoms with Gasteiger partial charge in [-0.25, -0.2) is 0 Å². The van der Waals surface area contributed by atoms with E-state index in [-0.39, 0.29) is 13.1 Å². The van der Waals surface area contributed by atoms with E-state index in [2.05, 4.69) is 6.92 Å². The van der Waals surface area contributed by atoms with Crippen LogP contribution in [0.4, 0.5) is 0 Å². The van der Waals surface area contributed by atoms with Crippen LogP contribution in [0.3, 0.4) is 0 Å². The SMILES string of the molecule is CCC=C(C)CO.O=CO. The second-order valence-electron chi connectivity index (χ2n) is 1.72. The van der Waals surface area contributed by atoms with Crippen molar-refractivity contribution in [2.24, 2.45) is 0 Å². The minimum absolute atomic E-state index is 0.202. The van der Waals surface area contributed by atoms with Crippen LogP contribution in [-0.2, 0) is 4.79 Å². The number of hydrogen-bond acceptors (Lipinski definition) is 2. The van der Waals surface area contributed by atoms with Gasteiger partial charge in [0.1, 0.15) is 0 Å². The van der Waals surface area contributed by atoms with Crippen molar-refractivity contribution in [1.82, 2.24) is 0 Å². The average molecular weight is 146 g/mol. The molecule has 0 aliphatic rings. The summed E-state index contributed by atoms with van der Waals surface area (Å²) in [5, 5.41) is 15.3. The normalized spacial score (nSPS) is 9.70. The highest BCUT2D eigenvalue weighted by atomic mass is 16.3. The Hall–Kier alpha value is -0.830. The summed E-state index contributed by atoms with van der Waals surface area (Å²) in [6.07, 6.45) is 3.03. The van der Waals surface area contributed by atoms with Crippen LogP contribution in [0.5, 0.6) is 0 Å². The van der Waals surface area contributed by atoms with Crippen LogP contribution in [0.25, 0.3) is 0 Å². The molecule has 0 saturated heterocycles. The van der Waals surface area contributed by atoms with Crippen molar-refractivity contribution >= 4 is 6.47 Å². The van der Waals surface area contributed by atoms with E-state index in [4.69, 9.17) is 15.0 Å². The fraction of sp³-hybridized carbons (Fsp3) is 0.571. The van der Waals surface area contributed by atoms with Gasteiger partial charge in [0.2, 0.25) is 0 Å². The molecule has 0 bridgehead atoms. The van der Waals surface area contributed by atoms with Gasteiger partial charge < -0.3 is 10.2 Å². The Bertz CT molecular complexity index is 97.0. The summed E-state index contributed by atoms with van der Waals surface area (Å²) in [5.74, 6) is 0. The molecule has 0 fully saturated rings. The zero-order chi connectivity index (χ0) is 8.41. The molecule has 0 radical (unpaired) electrons. The average Bonchev–Trinajstić information content (AvgIpc) is 1.90. The molecule has 0 aliphatic heterocycles. The third-order valence-electron chi connectivity index (χ3n) is 0.802. The minimum Gasteiger partial charge on any atom is -0.483 e. The summed E-state index contributed by atoms with van der Waals surface area (Å²) in [7, 11) is 0. The van der Waals surface area contributed by atoms with Gasteiger partial charge >= 0.3 is 0 Å². The van der Waals surface area contributed by atoms with E-state index in [1.807, 2.05) is 13.0 Å². The monoisotopic (exact) mass is 146 g/mol. The Kier molecular flexibility index (Phi) is 13.1. The maximum Gasteiger partial charge on any atom is 0.290 e. The molecule has 0 aromatic heterocycles. The lowest BCUT2D eigenvalue weighted by molar-refractivity contribution is -0.122. The fourth-order valence-corrected chi connectivity index (χ4v) is 0.413. The van der Waals surface area contributed by atoms with Crippen LogP contribution >= 0.6 is 0 Å². The highest BCUT2D eigenvalue weighted by Crippen LogP contribution is 1.90. The zero-order valence-electron chi connectivity index (χ0n) is 6.37. The molecule has 0 spiro atoms. The van der Waals surface area contributed by atoms with Crippen molar-refractivity contribution in [2.45, 2.75) is 20.3 Å². The number of allylic oxidation sites excluding steroid dienone is 1. The molecule has 0 unspecified atom stereocenters. The quantitative estimate of drug-likeness (QED) is 0.452. The summed E-state index contributed by atoms with van der Waals surface area (Å²) in [5.41, 5.74) is 1.06. The molecule has 10 heavy (non-hydrogen) atoms. The standard InChI is InChI=1S/C6H12O.CH2O2/c1-3-4-6(2)5-7;2-1-3/h4,7H,3,5H2,1-2H3;1H,(H,2,3). The zero-order valence-corrected chi connectivity index (χ0v) is 6.37. The Balaban J connectivity index is 0. The second-order valence-corrected chi connectivity index (χ2v) is 1.72. The third kappa shape index (κ3) is 15.7. The molecule has 0 rings (SSSR count). The molecule has 3 nitrogen and oxygen atoms in total. The predicted octanol–water partition coefficient (Wildman–Crippen LogP) is 1.04. The van der Waals surface area contributed by atoms with Gasteiger partial charge in [0.15, 0.2) is 0 Å². The number of hydrogen-bond donors (Lipinski definition) is 2. The van der Waals surface area contributed by atoms with Gasteiger partial charge in [-0.3, -0.25) is 4.79 Å². The summed E-state index contributed by atoms with van der Waals surface area (Å²) in [4.78, 5) is 8.36. The Morgan fingerprint density at radius 3 is 2.10 bits per heavy atom. The van der Waals surface area contributed by atoms with Crippen LogP contribution in [-0.4, -0.2) is 23.3 Å². The number of aliphatic hydroxyl groups is 1. The van der Waals surface area contributed by atoms with Crippen molar-refractivity contribution in [2.75, 3.05) is 6.61 Å². The highest BCUT2D eigenvalue weighted by molar-refractivity contribution is 5.32. The molecule has 0 aromatic rings. The number of rotatable bonds is 2. The maximum atomic E-state index is 8.40. The van der Waals surface area contributed by atoms with Crippen molar-refractivity contribution in [3.63, 3.8) is 0 Å². The first kappa shape index (κ1) is 11.9. The summed E-state index contributed by atoms with van der Waals surface area (Å²) in [6.45, 7) is 3.93. The molecule has 0 heterocycles. The lowest BCUT2D eigenvalue weighted by atomic mass is 10.3. The Morgan fingerprint density at radius 2 is 2.00 bits per heavy atom. The summed E-state index contributed by atoms with van der Waals surface area (Å²) < 4.78 is 0. The molecule has 0 aromatic carbocycles. The molecule has 0 atom stereocenters. The first-order chi connectivity index (χ1) is 4.72. The van der Waals surface area contributed by atoms with Gasteiger partial charge in [-0.15, -0.1) is 0 Å². The van der Waals surface area contributed by atoms with Gasteiger partial charge in [-0.2, -0.15) is 0 Å². The van der Waals surface area contributed by atoms with Gasteiger partial charge in [-0.05, 0) is 13.3 Å².